The lowest BCUT2D eigenvalue weighted by atomic mass is 10.2. The first kappa shape index (κ1) is 16.6. The van der Waals surface area contributed by atoms with E-state index in [9.17, 15) is 8.42 Å². The summed E-state index contributed by atoms with van der Waals surface area (Å²) in [7, 11) is -3.67. The molecule has 1 atom stereocenters. The van der Waals surface area contributed by atoms with E-state index in [1.807, 2.05) is 4.57 Å². The summed E-state index contributed by atoms with van der Waals surface area (Å²) in [5, 5.41) is 4.48. The van der Waals surface area contributed by atoms with Crippen molar-refractivity contribution in [3.8, 4) is 0 Å². The number of fused-ring (bicyclic) bond motifs is 1. The number of nitrogens with zero attached hydrogens (tertiary/aromatic N) is 2. The quantitative estimate of drug-likeness (QED) is 0.760. The lowest BCUT2D eigenvalue weighted by molar-refractivity contribution is 0.515. The van der Waals surface area contributed by atoms with E-state index in [4.69, 9.17) is 11.6 Å². The Balaban J connectivity index is 1.84. The number of halogens is 1. The normalized spacial score (nSPS) is 18.0. The first-order valence-electron chi connectivity index (χ1n) is 8.23. The Morgan fingerprint density at radius 1 is 1.28 bits per heavy atom. The molecule has 0 bridgehead atoms. The van der Waals surface area contributed by atoms with E-state index >= 15 is 0 Å². The fraction of sp³-hybridized carbons (Fsp3) is 0.278. The zero-order valence-electron chi connectivity index (χ0n) is 13.5. The van der Waals surface area contributed by atoms with Crippen molar-refractivity contribution in [1.29, 1.82) is 0 Å². The van der Waals surface area contributed by atoms with E-state index in [-0.39, 0.29) is 9.79 Å². The van der Waals surface area contributed by atoms with E-state index in [2.05, 4.69) is 10.3 Å². The van der Waals surface area contributed by atoms with Crippen molar-refractivity contribution in [1.82, 2.24) is 14.9 Å². The van der Waals surface area contributed by atoms with Crippen LogP contribution in [0.1, 0.15) is 12.8 Å². The van der Waals surface area contributed by atoms with Gasteiger partial charge in [0.1, 0.15) is 5.65 Å². The van der Waals surface area contributed by atoms with Crippen molar-refractivity contribution in [3.05, 3.63) is 53.8 Å². The Labute approximate surface area is 151 Å². The van der Waals surface area contributed by atoms with Gasteiger partial charge in [-0.3, -0.25) is 0 Å². The molecule has 0 saturated carbocycles. The summed E-state index contributed by atoms with van der Waals surface area (Å²) in [5.41, 5.74) is 0.691. The van der Waals surface area contributed by atoms with E-state index in [0.717, 1.165) is 19.4 Å². The summed E-state index contributed by atoms with van der Waals surface area (Å²) in [6, 6.07) is 10.3. The molecule has 1 fully saturated rings. The molecule has 25 heavy (non-hydrogen) atoms. The molecule has 1 aliphatic rings. The molecule has 1 saturated heterocycles. The lowest BCUT2D eigenvalue weighted by Gasteiger charge is -2.11. The fourth-order valence-corrected chi connectivity index (χ4v) is 5.12. The van der Waals surface area contributed by atoms with Gasteiger partial charge in [-0.05, 0) is 49.7 Å². The maximum Gasteiger partial charge on any atom is 0.208 e. The number of aromatic nitrogens is 2. The second-order valence-electron chi connectivity index (χ2n) is 6.27. The van der Waals surface area contributed by atoms with Gasteiger partial charge in [-0.15, -0.1) is 0 Å². The Hall–Kier alpha value is -1.89. The van der Waals surface area contributed by atoms with Gasteiger partial charge in [0.25, 0.3) is 0 Å². The molecule has 1 aromatic carbocycles. The number of pyridine rings is 1. The van der Waals surface area contributed by atoms with Crippen LogP contribution in [-0.4, -0.2) is 30.6 Å². The highest BCUT2D eigenvalue weighted by Gasteiger charge is 2.25. The molecule has 2 aromatic heterocycles. The van der Waals surface area contributed by atoms with Crippen LogP contribution < -0.4 is 5.32 Å². The van der Waals surface area contributed by atoms with Crippen LogP contribution >= 0.6 is 11.6 Å². The molecule has 7 heteroatoms. The third-order valence-corrected chi connectivity index (χ3v) is 6.59. The number of benzene rings is 1. The molecular formula is C18H18ClN3O2S. The summed E-state index contributed by atoms with van der Waals surface area (Å²) in [5.74, 6) is 0. The van der Waals surface area contributed by atoms with E-state index in [1.54, 1.807) is 42.7 Å². The minimum Gasteiger partial charge on any atom is -0.330 e. The summed E-state index contributed by atoms with van der Waals surface area (Å²) in [4.78, 5) is 4.88. The molecule has 0 amide bonds. The maximum atomic E-state index is 13.1. The summed E-state index contributed by atoms with van der Waals surface area (Å²) in [6.07, 6.45) is 5.62. The zero-order chi connectivity index (χ0) is 17.4. The second-order valence-corrected chi connectivity index (χ2v) is 8.63. The van der Waals surface area contributed by atoms with E-state index in [0.29, 0.717) is 28.6 Å². The molecule has 3 aromatic rings. The van der Waals surface area contributed by atoms with Crippen molar-refractivity contribution in [2.75, 3.05) is 6.54 Å². The van der Waals surface area contributed by atoms with Crippen molar-refractivity contribution in [2.45, 2.75) is 35.2 Å². The minimum absolute atomic E-state index is 0.196. The van der Waals surface area contributed by atoms with Gasteiger partial charge in [0.2, 0.25) is 9.84 Å². The monoisotopic (exact) mass is 375 g/mol. The summed E-state index contributed by atoms with van der Waals surface area (Å²) in [6.45, 7) is 1.71. The molecular weight excluding hydrogens is 358 g/mol. The van der Waals surface area contributed by atoms with Crippen LogP contribution in [0.4, 0.5) is 0 Å². The largest absolute Gasteiger partial charge is 0.330 e. The Morgan fingerprint density at radius 2 is 2.16 bits per heavy atom. The molecule has 0 aliphatic carbocycles. The van der Waals surface area contributed by atoms with Gasteiger partial charge >= 0.3 is 0 Å². The highest BCUT2D eigenvalue weighted by Crippen LogP contribution is 2.30. The van der Waals surface area contributed by atoms with Crippen LogP contribution in [0.5, 0.6) is 0 Å². The third kappa shape index (κ3) is 3.05. The van der Waals surface area contributed by atoms with E-state index < -0.39 is 9.84 Å². The smallest absolute Gasteiger partial charge is 0.208 e. The number of hydrogen-bond acceptors (Lipinski definition) is 4. The Kier molecular flexibility index (Phi) is 4.27. The van der Waals surface area contributed by atoms with Crippen molar-refractivity contribution in [2.24, 2.45) is 0 Å². The molecule has 130 valence electrons. The van der Waals surface area contributed by atoms with Crippen LogP contribution in [0.15, 0.2) is 58.6 Å². The van der Waals surface area contributed by atoms with Gasteiger partial charge < -0.3 is 9.88 Å². The van der Waals surface area contributed by atoms with Crippen LogP contribution in [-0.2, 0) is 16.4 Å². The number of hydrogen-bond donors (Lipinski definition) is 1. The molecule has 3 heterocycles. The fourth-order valence-electron chi connectivity index (χ4n) is 3.35. The summed E-state index contributed by atoms with van der Waals surface area (Å²) < 4.78 is 28.2. The molecule has 1 N–H and O–H groups in total. The predicted molar refractivity (Wildman–Crippen MR) is 97.7 cm³/mol. The summed E-state index contributed by atoms with van der Waals surface area (Å²) >= 11 is 5.98. The molecule has 0 spiro atoms. The van der Waals surface area contributed by atoms with Gasteiger partial charge in [-0.1, -0.05) is 17.7 Å². The van der Waals surface area contributed by atoms with Crippen molar-refractivity contribution < 1.29 is 8.42 Å². The van der Waals surface area contributed by atoms with Gasteiger partial charge in [-0.2, -0.15) is 0 Å². The van der Waals surface area contributed by atoms with Gasteiger partial charge in [0.05, 0.1) is 9.79 Å². The zero-order valence-corrected chi connectivity index (χ0v) is 15.1. The minimum atomic E-state index is -3.67. The van der Waals surface area contributed by atoms with Crippen molar-refractivity contribution >= 4 is 32.5 Å². The average molecular weight is 376 g/mol. The highest BCUT2D eigenvalue weighted by molar-refractivity contribution is 7.91. The number of sulfone groups is 1. The SMILES string of the molecule is O=S(=O)(c1cccc(Cl)c1)c1cn(CC2CCCN2)c2ncccc12. The standard InChI is InChI=1S/C18H18ClN3O2S/c19-13-4-1-6-15(10-13)25(23,24)17-12-22(11-14-5-2-8-20-14)18-16(17)7-3-9-21-18/h1,3-4,6-7,9-10,12,14,20H,2,5,8,11H2. The van der Waals surface area contributed by atoms with E-state index in [1.165, 1.54) is 6.07 Å². The first-order chi connectivity index (χ1) is 12.1. The Morgan fingerprint density at radius 3 is 2.92 bits per heavy atom. The van der Waals surface area contributed by atoms with Gasteiger partial charge in [0.15, 0.2) is 0 Å². The average Bonchev–Trinajstić information content (AvgIpc) is 3.24. The lowest BCUT2D eigenvalue weighted by Crippen LogP contribution is -2.26. The number of rotatable bonds is 4. The third-order valence-electron chi connectivity index (χ3n) is 4.57. The van der Waals surface area contributed by atoms with Crippen LogP contribution in [0.3, 0.4) is 0 Å². The maximum absolute atomic E-state index is 13.1. The first-order valence-corrected chi connectivity index (χ1v) is 10.1. The van der Waals surface area contributed by atoms with Gasteiger partial charge in [-0.25, -0.2) is 13.4 Å². The highest BCUT2D eigenvalue weighted by atomic mass is 35.5. The van der Waals surface area contributed by atoms with Crippen LogP contribution in [0, 0.1) is 0 Å². The molecule has 1 unspecified atom stereocenters. The Bertz CT molecular complexity index is 1020. The molecule has 0 radical (unpaired) electrons. The number of nitrogens with one attached hydrogen (secondary N) is 1. The topological polar surface area (TPSA) is 64.0 Å². The van der Waals surface area contributed by atoms with Crippen molar-refractivity contribution in [3.63, 3.8) is 0 Å². The van der Waals surface area contributed by atoms with Crippen LogP contribution in [0.25, 0.3) is 11.0 Å². The molecule has 4 rings (SSSR count). The second kappa shape index (κ2) is 6.44. The van der Waals surface area contributed by atoms with Crippen LogP contribution in [0.2, 0.25) is 5.02 Å². The predicted octanol–water partition coefficient (Wildman–Crippen LogP) is 3.27. The molecule has 5 nitrogen and oxygen atoms in total. The van der Waals surface area contributed by atoms with Gasteiger partial charge in [0, 0.05) is 35.4 Å². The molecule has 1 aliphatic heterocycles.